The second-order valence-corrected chi connectivity index (χ2v) is 4.20. The number of rotatable bonds is 4. The summed E-state index contributed by atoms with van der Waals surface area (Å²) in [5.41, 5.74) is 0.872. The van der Waals surface area contributed by atoms with Crippen molar-refractivity contribution in [2.24, 2.45) is 0 Å². The predicted molar refractivity (Wildman–Crippen MR) is 69.6 cm³/mol. The lowest BCUT2D eigenvalue weighted by Crippen LogP contribution is -2.22. The minimum absolute atomic E-state index is 0.360. The molecule has 5 nitrogen and oxygen atoms in total. The van der Waals surface area contributed by atoms with E-state index < -0.39 is 17.7 Å². The van der Waals surface area contributed by atoms with Crippen LogP contribution < -0.4 is 10.4 Å². The monoisotopic (exact) mass is 262 g/mol. The maximum atomic E-state index is 11.4. The van der Waals surface area contributed by atoms with Crippen LogP contribution in [0.5, 0.6) is 5.75 Å². The third kappa shape index (κ3) is 2.76. The van der Waals surface area contributed by atoms with E-state index in [0.717, 1.165) is 10.9 Å². The van der Waals surface area contributed by atoms with Crippen molar-refractivity contribution in [3.8, 4) is 5.75 Å². The Bertz CT molecular complexity index is 671. The Balaban J connectivity index is 2.46. The lowest BCUT2D eigenvalue weighted by Gasteiger charge is -2.11. The highest BCUT2D eigenvalue weighted by atomic mass is 16.5. The van der Waals surface area contributed by atoms with Crippen LogP contribution in [0.4, 0.5) is 0 Å². The standard InChI is InChI=1S/C14H14O5/c1-3-9-6-13(15)19-12-7-10(4-5-11(9)12)18-8(2)14(16)17/h4-8H,3H2,1-2H3,(H,16,17). The fraction of sp³-hybridized carbons (Fsp3) is 0.286. The Morgan fingerprint density at radius 3 is 2.79 bits per heavy atom. The van der Waals surface area contributed by atoms with Gasteiger partial charge in [0.1, 0.15) is 11.3 Å². The van der Waals surface area contributed by atoms with Crippen molar-refractivity contribution < 1.29 is 19.1 Å². The van der Waals surface area contributed by atoms with E-state index in [1.165, 1.54) is 19.1 Å². The van der Waals surface area contributed by atoms with Crippen molar-refractivity contribution >= 4 is 16.9 Å². The summed E-state index contributed by atoms with van der Waals surface area (Å²) in [5, 5.41) is 9.62. The lowest BCUT2D eigenvalue weighted by atomic mass is 10.1. The molecule has 2 rings (SSSR count). The number of carboxylic acids is 1. The van der Waals surface area contributed by atoms with Crippen LogP contribution in [0.15, 0.2) is 33.5 Å². The second-order valence-electron chi connectivity index (χ2n) is 4.20. The van der Waals surface area contributed by atoms with E-state index >= 15 is 0 Å². The summed E-state index contributed by atoms with van der Waals surface area (Å²) in [5.74, 6) is -0.692. The van der Waals surface area contributed by atoms with Gasteiger partial charge < -0.3 is 14.3 Å². The molecule has 0 radical (unpaired) electrons. The molecule has 1 heterocycles. The van der Waals surface area contributed by atoms with Crippen LogP contribution in [-0.4, -0.2) is 17.2 Å². The van der Waals surface area contributed by atoms with Crippen LogP contribution in [-0.2, 0) is 11.2 Å². The van der Waals surface area contributed by atoms with Gasteiger partial charge in [0.2, 0.25) is 0 Å². The summed E-state index contributed by atoms with van der Waals surface area (Å²) in [6.45, 7) is 3.39. The zero-order valence-electron chi connectivity index (χ0n) is 10.7. The lowest BCUT2D eigenvalue weighted by molar-refractivity contribution is -0.144. The first kappa shape index (κ1) is 13.1. The molecule has 2 aromatic rings. The van der Waals surface area contributed by atoms with Gasteiger partial charge in [-0.3, -0.25) is 0 Å². The molecule has 100 valence electrons. The Morgan fingerprint density at radius 2 is 2.16 bits per heavy atom. The third-order valence-electron chi connectivity index (χ3n) is 2.84. The van der Waals surface area contributed by atoms with Gasteiger partial charge in [-0.15, -0.1) is 0 Å². The number of aryl methyl sites for hydroxylation is 1. The molecule has 0 aliphatic carbocycles. The van der Waals surface area contributed by atoms with Crippen LogP contribution >= 0.6 is 0 Å². The summed E-state index contributed by atoms with van der Waals surface area (Å²) in [6.07, 6.45) is -0.244. The van der Waals surface area contributed by atoms with Gasteiger partial charge in [-0.05, 0) is 31.0 Å². The van der Waals surface area contributed by atoms with E-state index in [1.54, 1.807) is 12.1 Å². The number of fused-ring (bicyclic) bond motifs is 1. The van der Waals surface area contributed by atoms with E-state index in [2.05, 4.69) is 0 Å². The Kier molecular flexibility index (Phi) is 3.55. The first-order valence-corrected chi connectivity index (χ1v) is 5.97. The van der Waals surface area contributed by atoms with Gasteiger partial charge in [0.05, 0.1) is 0 Å². The molecule has 0 spiro atoms. The van der Waals surface area contributed by atoms with Gasteiger partial charge in [0, 0.05) is 17.5 Å². The highest BCUT2D eigenvalue weighted by molar-refractivity contribution is 5.81. The van der Waals surface area contributed by atoms with E-state index in [9.17, 15) is 9.59 Å². The van der Waals surface area contributed by atoms with Gasteiger partial charge in [0.25, 0.3) is 0 Å². The van der Waals surface area contributed by atoms with E-state index in [-0.39, 0.29) is 0 Å². The molecule has 0 aliphatic rings. The Labute approximate surface area is 109 Å². The van der Waals surface area contributed by atoms with Crippen LogP contribution in [0, 0.1) is 0 Å². The van der Waals surface area contributed by atoms with Crippen molar-refractivity contribution in [3.63, 3.8) is 0 Å². The highest BCUT2D eigenvalue weighted by Crippen LogP contribution is 2.23. The molecule has 5 heteroatoms. The van der Waals surface area contributed by atoms with Crippen LogP contribution in [0.3, 0.4) is 0 Å². The van der Waals surface area contributed by atoms with Gasteiger partial charge in [-0.2, -0.15) is 0 Å². The molecule has 1 unspecified atom stereocenters. The van der Waals surface area contributed by atoms with E-state index in [0.29, 0.717) is 17.8 Å². The topological polar surface area (TPSA) is 76.7 Å². The van der Waals surface area contributed by atoms with Crippen LogP contribution in [0.25, 0.3) is 11.0 Å². The Hall–Kier alpha value is -2.30. The quantitative estimate of drug-likeness (QED) is 0.855. The molecular weight excluding hydrogens is 248 g/mol. The van der Waals surface area contributed by atoms with Crippen LogP contribution in [0.1, 0.15) is 19.4 Å². The molecule has 1 N–H and O–H groups in total. The summed E-state index contributed by atoms with van der Waals surface area (Å²) in [6, 6.07) is 6.43. The number of carbonyl (C=O) groups is 1. The normalized spacial score (nSPS) is 12.3. The summed E-state index contributed by atoms with van der Waals surface area (Å²) in [7, 11) is 0. The molecule has 0 aliphatic heterocycles. The summed E-state index contributed by atoms with van der Waals surface area (Å²) >= 11 is 0. The second kappa shape index (κ2) is 5.14. The SMILES string of the molecule is CCc1cc(=O)oc2cc(OC(C)C(=O)O)ccc12. The largest absolute Gasteiger partial charge is 0.479 e. The molecule has 19 heavy (non-hydrogen) atoms. The zero-order chi connectivity index (χ0) is 14.0. The first-order chi connectivity index (χ1) is 9.01. The van der Waals surface area contributed by atoms with Gasteiger partial charge in [-0.1, -0.05) is 6.92 Å². The summed E-state index contributed by atoms with van der Waals surface area (Å²) < 4.78 is 10.3. The van der Waals surface area contributed by atoms with Crippen molar-refractivity contribution in [3.05, 3.63) is 40.2 Å². The molecule has 0 bridgehead atoms. The number of benzene rings is 1. The third-order valence-corrected chi connectivity index (χ3v) is 2.84. The highest BCUT2D eigenvalue weighted by Gasteiger charge is 2.13. The average Bonchev–Trinajstić information content (AvgIpc) is 2.37. The zero-order valence-corrected chi connectivity index (χ0v) is 10.7. The molecule has 0 saturated heterocycles. The van der Waals surface area contributed by atoms with Crippen LogP contribution in [0.2, 0.25) is 0 Å². The molecule has 1 atom stereocenters. The average molecular weight is 262 g/mol. The number of carboxylic acid groups (broad SMARTS) is 1. The van der Waals surface area contributed by atoms with E-state index in [4.69, 9.17) is 14.3 Å². The molecule has 0 fully saturated rings. The molecular formula is C14H14O5. The maximum Gasteiger partial charge on any atom is 0.344 e. The number of hydrogen-bond acceptors (Lipinski definition) is 4. The fourth-order valence-corrected chi connectivity index (χ4v) is 1.83. The number of ether oxygens (including phenoxy) is 1. The first-order valence-electron chi connectivity index (χ1n) is 5.97. The predicted octanol–water partition coefficient (Wildman–Crippen LogP) is 2.21. The van der Waals surface area contributed by atoms with E-state index in [1.807, 2.05) is 6.92 Å². The smallest absolute Gasteiger partial charge is 0.344 e. The van der Waals surface area contributed by atoms with Crippen molar-refractivity contribution in [2.75, 3.05) is 0 Å². The van der Waals surface area contributed by atoms with Gasteiger partial charge >= 0.3 is 11.6 Å². The summed E-state index contributed by atoms with van der Waals surface area (Å²) in [4.78, 5) is 22.1. The molecule has 0 saturated carbocycles. The maximum absolute atomic E-state index is 11.4. The minimum Gasteiger partial charge on any atom is -0.479 e. The van der Waals surface area contributed by atoms with Crippen molar-refractivity contribution in [1.82, 2.24) is 0 Å². The Morgan fingerprint density at radius 1 is 1.42 bits per heavy atom. The minimum atomic E-state index is -1.05. The van der Waals surface area contributed by atoms with Gasteiger partial charge in [0.15, 0.2) is 6.10 Å². The van der Waals surface area contributed by atoms with Crippen molar-refractivity contribution in [2.45, 2.75) is 26.4 Å². The number of aliphatic carboxylic acids is 1. The molecule has 1 aromatic heterocycles. The number of hydrogen-bond donors (Lipinski definition) is 1. The van der Waals surface area contributed by atoms with Crippen molar-refractivity contribution in [1.29, 1.82) is 0 Å². The fourth-order valence-electron chi connectivity index (χ4n) is 1.83. The molecule has 0 amide bonds. The molecule has 1 aromatic carbocycles. The van der Waals surface area contributed by atoms with Gasteiger partial charge in [-0.25, -0.2) is 9.59 Å².